The fourth-order valence-corrected chi connectivity index (χ4v) is 4.36. The van der Waals surface area contributed by atoms with Gasteiger partial charge in [-0.25, -0.2) is 4.79 Å². The van der Waals surface area contributed by atoms with Gasteiger partial charge in [0.05, 0.1) is 0 Å². The number of carboxylic acid groups (broad SMARTS) is 1. The molecular formula is C24H27N6O3Tl. The molecule has 0 saturated heterocycles. The predicted molar refractivity (Wildman–Crippen MR) is 129 cm³/mol. The van der Waals surface area contributed by atoms with Gasteiger partial charge in [0.15, 0.2) is 0 Å². The topological polar surface area (TPSA) is 139 Å². The van der Waals surface area contributed by atoms with Crippen molar-refractivity contribution in [2.45, 2.75) is 45.8 Å². The van der Waals surface area contributed by atoms with Crippen LogP contribution in [0.5, 0.6) is 0 Å². The molecule has 0 unspecified atom stereocenters. The van der Waals surface area contributed by atoms with Gasteiger partial charge in [-0.05, 0) is 20.3 Å². The number of aromatic nitrogens is 2. The number of nitrogens with one attached hydrogen (secondary N) is 2. The second-order valence-electron chi connectivity index (χ2n) is 8.46. The molecule has 0 radical (unpaired) electrons. The maximum absolute atomic E-state index is 12.1. The van der Waals surface area contributed by atoms with Crippen molar-refractivity contribution in [2.75, 3.05) is 0 Å². The molecule has 0 amide bonds. The van der Waals surface area contributed by atoms with E-state index < -0.39 is 11.6 Å². The molecule has 1 aromatic heterocycles. The first-order chi connectivity index (χ1) is 16.1. The van der Waals surface area contributed by atoms with Crippen LogP contribution in [0.2, 0.25) is 0 Å². The van der Waals surface area contributed by atoms with Gasteiger partial charge in [0.25, 0.3) is 0 Å². The molecule has 0 aliphatic heterocycles. The number of nitrogens with zero attached hydrogens (tertiary/aromatic N) is 4. The standard InChI is InChI=1S/C24H28N6O3.Tl/c1-4-7-19-27-21(24(2,3)33)20(23(31)32)30(19)14-15-10-12-16(13-11-15)17-8-5-6-9-18(17)22(25)28-29-26;/h5-6,8-13,33H,4,7,14H2,1-3H3,(H4,25,26,28,31,32);/q;+1/p-1. The normalized spacial score (nSPS) is 11.3. The fourth-order valence-electron chi connectivity index (χ4n) is 3.81. The second kappa shape index (κ2) is 10.6. The summed E-state index contributed by atoms with van der Waals surface area (Å²) in [6.45, 7) is 5.40. The third-order valence-electron chi connectivity index (χ3n) is 5.43. The van der Waals surface area contributed by atoms with Gasteiger partial charge in [-0.2, -0.15) is 0 Å². The summed E-state index contributed by atoms with van der Waals surface area (Å²) in [6, 6.07) is 15.2. The quantitative estimate of drug-likeness (QED) is 0.0907. The Morgan fingerprint density at radius 3 is 2.41 bits per heavy atom. The zero-order valence-corrected chi connectivity index (χ0v) is 23.9. The van der Waals surface area contributed by atoms with E-state index in [1.165, 1.54) is 2.82 Å². The third-order valence-corrected chi connectivity index (χ3v) is 6.88. The Morgan fingerprint density at radius 2 is 1.85 bits per heavy atom. The zero-order chi connectivity index (χ0) is 25.0. The number of imidazole rings is 1. The van der Waals surface area contributed by atoms with Crippen LogP contribution in [0.1, 0.15) is 60.3 Å². The molecule has 10 heteroatoms. The number of hydrogen-bond acceptors (Lipinski definition) is 6. The van der Waals surface area contributed by atoms with E-state index >= 15 is 0 Å². The average Bonchev–Trinajstić information content (AvgIpc) is 3.17. The monoisotopic (exact) mass is 652 g/mol. The first-order valence-electron chi connectivity index (χ1n) is 10.8. The van der Waals surface area contributed by atoms with Gasteiger partial charge in [0, 0.05) is 0 Å². The van der Waals surface area contributed by atoms with Crippen molar-refractivity contribution >= 4 is 37.9 Å². The minimum atomic E-state index is -1.37. The van der Waals surface area contributed by atoms with Crippen LogP contribution >= 0.6 is 0 Å². The van der Waals surface area contributed by atoms with Gasteiger partial charge in [0.1, 0.15) is 5.60 Å². The van der Waals surface area contributed by atoms with Crippen LogP contribution in [0.3, 0.4) is 0 Å². The minimum absolute atomic E-state index is 0.00556. The predicted octanol–water partition coefficient (Wildman–Crippen LogP) is 4.13. The van der Waals surface area contributed by atoms with Crippen molar-refractivity contribution in [1.82, 2.24) is 12.4 Å². The van der Waals surface area contributed by atoms with Crippen molar-refractivity contribution in [3.8, 4) is 11.1 Å². The van der Waals surface area contributed by atoms with Gasteiger partial charge in [-0.1, -0.05) is 6.92 Å². The Balaban J connectivity index is 2.00. The van der Waals surface area contributed by atoms with Crippen LogP contribution in [0, 0.1) is 10.9 Å². The molecule has 0 saturated carbocycles. The van der Waals surface area contributed by atoms with Crippen LogP contribution in [0.4, 0.5) is 0 Å². The molecular weight excluding hydrogens is 625 g/mol. The van der Waals surface area contributed by atoms with Crippen molar-refractivity contribution < 1.29 is 15.0 Å². The number of aryl methyl sites for hydroxylation is 1. The third kappa shape index (κ3) is 5.41. The van der Waals surface area contributed by atoms with Crippen LogP contribution in [-0.2, 0) is 18.6 Å². The van der Waals surface area contributed by atoms with Gasteiger partial charge in [-0.3, -0.25) is 0 Å². The number of amidine groups is 1. The number of aromatic carboxylic acids is 1. The van der Waals surface area contributed by atoms with Crippen molar-refractivity contribution in [2.24, 2.45) is 5.22 Å². The van der Waals surface area contributed by atoms with E-state index in [0.29, 0.717) is 24.4 Å². The molecule has 0 spiro atoms. The van der Waals surface area contributed by atoms with Gasteiger partial charge in [-0.15, -0.1) is 0 Å². The molecule has 9 nitrogen and oxygen atoms in total. The summed E-state index contributed by atoms with van der Waals surface area (Å²) in [5.41, 5.74) is 9.37. The van der Waals surface area contributed by atoms with Crippen LogP contribution in [-0.4, -0.2) is 60.5 Å². The summed E-state index contributed by atoms with van der Waals surface area (Å²) in [5.74, 6) is -0.302. The van der Waals surface area contributed by atoms with Gasteiger partial charge in [0.2, 0.25) is 0 Å². The average molecular weight is 652 g/mol. The second-order valence-corrected chi connectivity index (χ2v) is 10.4. The molecule has 4 N–H and O–H groups in total. The number of aliphatic hydroxyl groups is 1. The molecule has 0 aliphatic carbocycles. The number of carbonyl (C=O) groups is 1. The molecule has 2 aromatic carbocycles. The van der Waals surface area contributed by atoms with E-state index in [4.69, 9.17) is 10.9 Å². The number of hydrogen-bond donors (Lipinski definition) is 4. The van der Waals surface area contributed by atoms with Crippen LogP contribution in [0.25, 0.3) is 11.1 Å². The van der Waals surface area contributed by atoms with Crippen LogP contribution in [0.15, 0.2) is 53.8 Å². The summed E-state index contributed by atoms with van der Waals surface area (Å²) in [7, 11) is 0. The van der Waals surface area contributed by atoms with E-state index in [9.17, 15) is 15.0 Å². The van der Waals surface area contributed by atoms with Crippen molar-refractivity contribution in [1.29, 1.82) is 10.9 Å². The van der Waals surface area contributed by atoms with Crippen molar-refractivity contribution in [3.05, 3.63) is 76.9 Å². The molecule has 0 atom stereocenters. The van der Waals surface area contributed by atoms with Gasteiger partial charge >= 0.3 is 167 Å². The van der Waals surface area contributed by atoms with E-state index in [2.05, 4.69) is 10.2 Å². The first-order valence-corrected chi connectivity index (χ1v) is 12.8. The molecule has 34 heavy (non-hydrogen) atoms. The van der Waals surface area contributed by atoms with Crippen LogP contribution < -0.4 is 0 Å². The Bertz CT molecular complexity index is 1210. The summed E-state index contributed by atoms with van der Waals surface area (Å²) >= 11 is 0.204. The first kappa shape index (κ1) is 25.7. The summed E-state index contributed by atoms with van der Waals surface area (Å²) in [6.07, 6.45) is 1.40. The van der Waals surface area contributed by atoms with E-state index in [1.807, 2.05) is 55.5 Å². The van der Waals surface area contributed by atoms with E-state index in [0.717, 1.165) is 23.1 Å². The SMILES string of the molecule is CCCc1nc(C(C)(C)O)c(C(=O)O)n1Cc1ccc(-c2ccccc2C(=N)[N]([Tl])N=N)cc1. The summed E-state index contributed by atoms with van der Waals surface area (Å²) in [4.78, 5) is 16.6. The molecule has 1 heterocycles. The Labute approximate surface area is 214 Å². The molecule has 0 aliphatic rings. The summed E-state index contributed by atoms with van der Waals surface area (Å²) < 4.78 is 3.03. The Kier molecular flexibility index (Phi) is 7.98. The molecule has 174 valence electrons. The maximum atomic E-state index is 12.1. The Hall–Kier alpha value is -2.93. The molecule has 0 bridgehead atoms. The van der Waals surface area contributed by atoms with Gasteiger partial charge < -0.3 is 10.2 Å². The van der Waals surface area contributed by atoms with E-state index in [1.54, 1.807) is 18.4 Å². The van der Waals surface area contributed by atoms with E-state index in [-0.39, 0.29) is 43.3 Å². The Morgan fingerprint density at radius 1 is 1.21 bits per heavy atom. The van der Waals surface area contributed by atoms with Crippen molar-refractivity contribution in [3.63, 3.8) is 0 Å². The summed E-state index contributed by atoms with van der Waals surface area (Å²) in [5, 5.41) is 32.1. The molecule has 0 fully saturated rings. The number of carboxylic acids is 1. The number of benzene rings is 2. The number of rotatable bonds is 9. The molecule has 3 rings (SSSR count). The fraction of sp³-hybridized carbons (Fsp3) is 0.292. The zero-order valence-electron chi connectivity index (χ0n) is 19.4. The molecule has 3 aromatic rings.